The van der Waals surface area contributed by atoms with Gasteiger partial charge in [0, 0.05) is 24.7 Å². The van der Waals surface area contributed by atoms with Crippen LogP contribution in [0.3, 0.4) is 0 Å². The molecule has 2 aromatic rings. The quantitative estimate of drug-likeness (QED) is 0.878. The minimum atomic E-state index is -1.22. The molecule has 132 valence electrons. The molecule has 1 aliphatic heterocycles. The molecule has 5 nitrogen and oxygen atoms in total. The summed E-state index contributed by atoms with van der Waals surface area (Å²) in [5, 5.41) is 10.8. The molecule has 1 aliphatic rings. The number of aliphatic hydroxyl groups is 1. The van der Waals surface area contributed by atoms with Gasteiger partial charge in [-0.15, -0.1) is 0 Å². The van der Waals surface area contributed by atoms with Crippen LogP contribution in [0.25, 0.3) is 0 Å². The third kappa shape index (κ3) is 4.44. The van der Waals surface area contributed by atoms with E-state index < -0.39 is 5.60 Å². The van der Waals surface area contributed by atoms with Crippen LogP contribution in [0.4, 0.5) is 5.69 Å². The van der Waals surface area contributed by atoms with Crippen LogP contribution in [-0.2, 0) is 15.1 Å². The number of amides is 1. The van der Waals surface area contributed by atoms with Gasteiger partial charge in [0.1, 0.15) is 0 Å². The Balaban J connectivity index is 1.78. The number of hydrogen-bond acceptors (Lipinski definition) is 4. The van der Waals surface area contributed by atoms with Crippen molar-refractivity contribution >= 4 is 11.6 Å². The van der Waals surface area contributed by atoms with Crippen molar-refractivity contribution < 1.29 is 14.6 Å². The Morgan fingerprint density at radius 1 is 1.28 bits per heavy atom. The minimum Gasteiger partial charge on any atom is -0.385 e. The lowest BCUT2D eigenvalue weighted by atomic mass is 9.92. The summed E-state index contributed by atoms with van der Waals surface area (Å²) in [5.74, 6) is -0.129. The van der Waals surface area contributed by atoms with Gasteiger partial charge in [0.15, 0.2) is 0 Å². The predicted octanol–water partition coefficient (Wildman–Crippen LogP) is 2.89. The van der Waals surface area contributed by atoms with E-state index in [1.54, 1.807) is 24.2 Å². The fourth-order valence-corrected chi connectivity index (χ4v) is 3.16. The number of carbonyl (C=O) groups excluding carboxylic acids is 1. The third-order valence-electron chi connectivity index (χ3n) is 4.58. The third-order valence-corrected chi connectivity index (χ3v) is 4.58. The van der Waals surface area contributed by atoms with Crippen molar-refractivity contribution in [3.05, 3.63) is 60.4 Å². The molecular formula is C20H24N2O3. The fraction of sp³-hybridized carbons (Fsp3) is 0.400. The molecule has 0 aliphatic carbocycles. The van der Waals surface area contributed by atoms with Gasteiger partial charge in [0.2, 0.25) is 5.91 Å². The molecule has 0 bridgehead atoms. The van der Waals surface area contributed by atoms with Crippen LogP contribution in [0.15, 0.2) is 54.9 Å². The molecule has 0 spiro atoms. The maximum atomic E-state index is 13.0. The second kappa shape index (κ2) is 7.76. The van der Waals surface area contributed by atoms with Gasteiger partial charge in [-0.25, -0.2) is 0 Å². The first-order chi connectivity index (χ1) is 12.1. The second-order valence-electron chi connectivity index (χ2n) is 6.66. The van der Waals surface area contributed by atoms with Gasteiger partial charge in [0.05, 0.1) is 24.7 Å². The Morgan fingerprint density at radius 2 is 2.00 bits per heavy atom. The van der Waals surface area contributed by atoms with Crippen molar-refractivity contribution in [2.24, 2.45) is 0 Å². The number of nitrogens with zero attached hydrogens (tertiary/aromatic N) is 2. The number of aromatic nitrogens is 1. The monoisotopic (exact) mass is 340 g/mol. The van der Waals surface area contributed by atoms with Gasteiger partial charge in [-0.1, -0.05) is 30.3 Å². The molecule has 2 atom stereocenters. The van der Waals surface area contributed by atoms with Gasteiger partial charge in [-0.3, -0.25) is 9.78 Å². The van der Waals surface area contributed by atoms with Crippen LogP contribution in [-0.4, -0.2) is 35.3 Å². The molecule has 2 heterocycles. The summed E-state index contributed by atoms with van der Waals surface area (Å²) in [7, 11) is 0. The smallest absolute Gasteiger partial charge is 0.230 e. The first-order valence-corrected chi connectivity index (χ1v) is 8.66. The highest BCUT2D eigenvalue weighted by atomic mass is 16.5. The number of ether oxygens (including phenoxy) is 1. The molecule has 1 N–H and O–H groups in total. The molecule has 2 unspecified atom stereocenters. The lowest BCUT2D eigenvalue weighted by Gasteiger charge is -2.30. The van der Waals surface area contributed by atoms with Gasteiger partial charge >= 0.3 is 0 Å². The van der Waals surface area contributed by atoms with E-state index in [1.165, 1.54) is 0 Å². The van der Waals surface area contributed by atoms with Gasteiger partial charge in [0.25, 0.3) is 0 Å². The summed E-state index contributed by atoms with van der Waals surface area (Å²) in [4.78, 5) is 18.7. The first-order valence-electron chi connectivity index (χ1n) is 8.66. The SMILES string of the molecule is CC(O)(CC(=O)N(CC1CCCO1)c1ccncc1)c1ccccc1. The second-order valence-corrected chi connectivity index (χ2v) is 6.66. The number of carbonyl (C=O) groups is 1. The Morgan fingerprint density at radius 3 is 2.64 bits per heavy atom. The summed E-state index contributed by atoms with van der Waals surface area (Å²) < 4.78 is 5.70. The predicted molar refractivity (Wildman–Crippen MR) is 96.2 cm³/mol. The number of anilines is 1. The lowest BCUT2D eigenvalue weighted by Crippen LogP contribution is -2.41. The average Bonchev–Trinajstić information content (AvgIpc) is 3.14. The van der Waals surface area contributed by atoms with Crippen LogP contribution in [0.5, 0.6) is 0 Å². The first kappa shape index (κ1) is 17.6. The van der Waals surface area contributed by atoms with Crippen molar-refractivity contribution in [2.45, 2.75) is 37.9 Å². The standard InChI is InChI=1S/C20H24N2O3/c1-20(24,16-6-3-2-4-7-16)14-19(23)22(15-18-8-5-13-25-18)17-9-11-21-12-10-17/h2-4,6-7,9-12,18,24H,5,8,13-15H2,1H3. The molecule has 0 saturated carbocycles. The van der Waals surface area contributed by atoms with Crippen molar-refractivity contribution in [2.75, 3.05) is 18.1 Å². The summed E-state index contributed by atoms with van der Waals surface area (Å²) in [6, 6.07) is 12.9. The Labute approximate surface area is 148 Å². The van der Waals surface area contributed by atoms with Gasteiger partial charge in [-0.05, 0) is 37.5 Å². The number of rotatable bonds is 6. The molecular weight excluding hydrogens is 316 g/mol. The zero-order valence-electron chi connectivity index (χ0n) is 14.5. The van der Waals surface area contributed by atoms with Gasteiger partial charge < -0.3 is 14.7 Å². The van der Waals surface area contributed by atoms with Crippen molar-refractivity contribution in [1.82, 2.24) is 4.98 Å². The topological polar surface area (TPSA) is 62.7 Å². The molecule has 3 rings (SSSR count). The zero-order chi connectivity index (χ0) is 17.7. The van der Waals surface area contributed by atoms with Gasteiger partial charge in [-0.2, -0.15) is 0 Å². The van der Waals surface area contributed by atoms with Crippen LogP contribution >= 0.6 is 0 Å². The maximum Gasteiger partial charge on any atom is 0.230 e. The van der Waals surface area contributed by atoms with E-state index in [-0.39, 0.29) is 18.4 Å². The molecule has 1 aromatic carbocycles. The van der Waals surface area contributed by atoms with Crippen LogP contribution < -0.4 is 4.90 Å². The Kier molecular flexibility index (Phi) is 5.46. The van der Waals surface area contributed by atoms with Crippen LogP contribution in [0, 0.1) is 0 Å². The largest absolute Gasteiger partial charge is 0.385 e. The minimum absolute atomic E-state index is 0.00601. The van der Waals surface area contributed by atoms with E-state index in [2.05, 4.69) is 4.98 Å². The van der Waals surface area contributed by atoms with Crippen molar-refractivity contribution in [1.29, 1.82) is 0 Å². The van der Waals surface area contributed by atoms with Crippen LogP contribution in [0.1, 0.15) is 31.7 Å². The number of hydrogen-bond donors (Lipinski definition) is 1. The van der Waals surface area contributed by atoms with Crippen molar-refractivity contribution in [3.8, 4) is 0 Å². The summed E-state index contributed by atoms with van der Waals surface area (Å²) in [6.07, 6.45) is 5.35. The van der Waals surface area contributed by atoms with E-state index >= 15 is 0 Å². The molecule has 5 heteroatoms. The molecule has 0 radical (unpaired) electrons. The summed E-state index contributed by atoms with van der Waals surface area (Å²) in [5.41, 5.74) is 0.287. The summed E-state index contributed by atoms with van der Waals surface area (Å²) >= 11 is 0. The Hall–Kier alpha value is -2.24. The summed E-state index contributed by atoms with van der Waals surface area (Å²) in [6.45, 7) is 2.91. The highest BCUT2D eigenvalue weighted by Crippen LogP contribution is 2.27. The number of benzene rings is 1. The highest BCUT2D eigenvalue weighted by Gasteiger charge is 2.31. The van der Waals surface area contributed by atoms with Crippen LogP contribution in [0.2, 0.25) is 0 Å². The van der Waals surface area contributed by atoms with E-state index in [0.717, 1.165) is 30.7 Å². The highest BCUT2D eigenvalue weighted by molar-refractivity contribution is 5.94. The van der Waals surface area contributed by atoms with E-state index in [0.29, 0.717) is 6.54 Å². The zero-order valence-corrected chi connectivity index (χ0v) is 14.5. The Bertz CT molecular complexity index is 683. The molecule has 1 amide bonds. The maximum absolute atomic E-state index is 13.0. The molecule has 25 heavy (non-hydrogen) atoms. The van der Waals surface area contributed by atoms with Crippen molar-refractivity contribution in [3.63, 3.8) is 0 Å². The van der Waals surface area contributed by atoms with E-state index in [4.69, 9.17) is 4.74 Å². The lowest BCUT2D eigenvalue weighted by molar-refractivity contribution is -0.123. The molecule has 1 saturated heterocycles. The molecule has 1 aromatic heterocycles. The average molecular weight is 340 g/mol. The van der Waals surface area contributed by atoms with E-state index in [1.807, 2.05) is 42.5 Å². The normalized spacial score (nSPS) is 19.4. The number of pyridine rings is 1. The molecule has 1 fully saturated rings. The fourth-order valence-electron chi connectivity index (χ4n) is 3.16. The van der Waals surface area contributed by atoms with E-state index in [9.17, 15) is 9.90 Å².